The van der Waals surface area contributed by atoms with E-state index in [4.69, 9.17) is 0 Å². The minimum Gasteiger partial charge on any atom is -0.294 e. The number of rotatable bonds is 9. The van der Waals surface area contributed by atoms with Crippen LogP contribution in [0.15, 0.2) is 70.9 Å². The van der Waals surface area contributed by atoms with Crippen LogP contribution in [0.1, 0.15) is 24.8 Å². The van der Waals surface area contributed by atoms with Crippen molar-refractivity contribution in [2.24, 2.45) is 0 Å². The third kappa shape index (κ3) is 5.19. The van der Waals surface area contributed by atoms with Crippen LogP contribution in [0.2, 0.25) is 0 Å². The third-order valence-corrected chi connectivity index (χ3v) is 7.07. The van der Waals surface area contributed by atoms with Gasteiger partial charge in [-0.1, -0.05) is 30.3 Å². The second-order valence-corrected chi connectivity index (χ2v) is 9.21. The number of carbonyl (C=O) groups excluding carboxylic acids is 2. The van der Waals surface area contributed by atoms with Gasteiger partial charge in [0.05, 0.1) is 9.93 Å². The summed E-state index contributed by atoms with van der Waals surface area (Å²) in [5.41, 5.74) is 1.53. The molecule has 31 heavy (non-hydrogen) atoms. The lowest BCUT2D eigenvalue weighted by atomic mass is 10.1. The molecule has 2 amide bonds. The SMILES string of the molecule is O=C1S/C(=C/CCc2ccccc2F)C(=O)N1CCCCSc1cccc2nccn12. The maximum atomic E-state index is 13.7. The van der Waals surface area contributed by atoms with E-state index in [9.17, 15) is 14.0 Å². The first-order valence-corrected chi connectivity index (χ1v) is 12.0. The summed E-state index contributed by atoms with van der Waals surface area (Å²) in [4.78, 5) is 30.8. The monoisotopic (exact) mass is 455 g/mol. The van der Waals surface area contributed by atoms with Crippen LogP contribution in [0.4, 0.5) is 9.18 Å². The van der Waals surface area contributed by atoms with Gasteiger partial charge in [-0.2, -0.15) is 0 Å². The lowest BCUT2D eigenvalue weighted by Gasteiger charge is -2.12. The van der Waals surface area contributed by atoms with Gasteiger partial charge in [0.15, 0.2) is 0 Å². The van der Waals surface area contributed by atoms with Crippen LogP contribution in [-0.4, -0.2) is 37.7 Å². The smallest absolute Gasteiger partial charge is 0.293 e. The number of hydrogen-bond acceptors (Lipinski definition) is 5. The summed E-state index contributed by atoms with van der Waals surface area (Å²) in [6.45, 7) is 0.422. The Morgan fingerprint density at radius 2 is 1.97 bits per heavy atom. The van der Waals surface area contributed by atoms with Crippen LogP contribution in [0.25, 0.3) is 5.65 Å². The van der Waals surface area contributed by atoms with Crippen LogP contribution < -0.4 is 0 Å². The molecule has 3 aromatic rings. The number of nitrogens with zero attached hydrogens (tertiary/aromatic N) is 3. The predicted molar refractivity (Wildman–Crippen MR) is 123 cm³/mol. The van der Waals surface area contributed by atoms with Gasteiger partial charge in [0.2, 0.25) is 0 Å². The third-order valence-electron chi connectivity index (χ3n) is 4.99. The van der Waals surface area contributed by atoms with E-state index >= 15 is 0 Å². The zero-order valence-corrected chi connectivity index (χ0v) is 18.5. The average molecular weight is 456 g/mol. The Labute approximate surface area is 188 Å². The minimum atomic E-state index is -0.244. The number of carbonyl (C=O) groups is 2. The fourth-order valence-electron chi connectivity index (χ4n) is 3.38. The van der Waals surface area contributed by atoms with E-state index in [-0.39, 0.29) is 17.0 Å². The van der Waals surface area contributed by atoms with Crippen molar-refractivity contribution in [1.82, 2.24) is 14.3 Å². The number of thioether (sulfide) groups is 2. The minimum absolute atomic E-state index is 0.224. The topological polar surface area (TPSA) is 54.7 Å². The molecule has 0 atom stereocenters. The molecule has 4 rings (SSSR count). The highest BCUT2D eigenvalue weighted by Crippen LogP contribution is 2.31. The van der Waals surface area contributed by atoms with Gasteiger partial charge in [0.1, 0.15) is 11.5 Å². The van der Waals surface area contributed by atoms with E-state index < -0.39 is 0 Å². The van der Waals surface area contributed by atoms with E-state index in [0.717, 1.165) is 41.0 Å². The van der Waals surface area contributed by atoms with Crippen LogP contribution in [0, 0.1) is 5.82 Å². The molecular weight excluding hydrogens is 433 g/mol. The summed E-state index contributed by atoms with van der Waals surface area (Å²) in [5.74, 6) is 0.414. The van der Waals surface area contributed by atoms with Crippen molar-refractivity contribution < 1.29 is 14.0 Å². The van der Waals surface area contributed by atoms with Crippen molar-refractivity contribution in [3.63, 3.8) is 0 Å². The maximum absolute atomic E-state index is 13.7. The molecule has 1 aliphatic heterocycles. The Balaban J connectivity index is 1.23. The number of benzene rings is 1. The zero-order valence-electron chi connectivity index (χ0n) is 16.9. The van der Waals surface area contributed by atoms with Crippen molar-refractivity contribution in [3.05, 3.63) is 77.2 Å². The number of aryl methyl sites for hydroxylation is 1. The number of imidazole rings is 1. The number of halogens is 1. The van der Waals surface area contributed by atoms with Crippen molar-refractivity contribution in [3.8, 4) is 0 Å². The molecular formula is C23H22FN3O2S2. The summed E-state index contributed by atoms with van der Waals surface area (Å²) in [6, 6.07) is 12.6. The first-order valence-electron chi connectivity index (χ1n) is 10.2. The standard InChI is InChI=1S/C23H22FN3O2S2/c24-18-9-2-1-7-17(18)8-5-10-19-22(28)27(23(29)31-19)14-3-4-16-30-21-12-6-11-20-25-13-15-26(20)21/h1-2,6-7,9-13,15H,3-5,8,14,16H2/b19-10+. The van der Waals surface area contributed by atoms with Crippen molar-refractivity contribution in [2.75, 3.05) is 12.3 Å². The molecule has 0 radical (unpaired) electrons. The molecule has 8 heteroatoms. The average Bonchev–Trinajstić information content (AvgIpc) is 3.35. The number of unbranched alkanes of at least 4 members (excludes halogenated alkanes) is 1. The van der Waals surface area contributed by atoms with E-state index in [1.807, 2.05) is 22.7 Å². The summed E-state index contributed by atoms with van der Waals surface area (Å²) < 4.78 is 15.7. The van der Waals surface area contributed by atoms with Crippen LogP contribution in [0.5, 0.6) is 0 Å². The van der Waals surface area contributed by atoms with Gasteiger partial charge in [0.25, 0.3) is 11.1 Å². The Morgan fingerprint density at radius 3 is 2.84 bits per heavy atom. The number of amides is 2. The molecule has 1 fully saturated rings. The second kappa shape index (κ2) is 10.2. The molecule has 1 aromatic carbocycles. The van der Waals surface area contributed by atoms with Crippen LogP contribution >= 0.6 is 23.5 Å². The molecule has 0 bridgehead atoms. The van der Waals surface area contributed by atoms with Gasteiger partial charge >= 0.3 is 0 Å². The first kappa shape index (κ1) is 21.6. The van der Waals surface area contributed by atoms with Gasteiger partial charge in [-0.25, -0.2) is 9.37 Å². The number of fused-ring (bicyclic) bond motifs is 1. The highest BCUT2D eigenvalue weighted by Gasteiger charge is 2.34. The summed E-state index contributed by atoms with van der Waals surface area (Å²) in [7, 11) is 0. The second-order valence-electron chi connectivity index (χ2n) is 7.10. The van der Waals surface area contributed by atoms with Crippen LogP contribution in [-0.2, 0) is 11.2 Å². The van der Waals surface area contributed by atoms with Crippen molar-refractivity contribution in [2.45, 2.75) is 30.7 Å². The molecule has 160 valence electrons. The van der Waals surface area contributed by atoms with E-state index in [0.29, 0.717) is 29.9 Å². The molecule has 1 aliphatic rings. The maximum Gasteiger partial charge on any atom is 0.293 e. The number of aromatic nitrogens is 2. The molecule has 2 aromatic heterocycles. The molecule has 0 unspecified atom stereocenters. The number of allylic oxidation sites excluding steroid dienone is 1. The molecule has 0 spiro atoms. The Morgan fingerprint density at radius 1 is 1.10 bits per heavy atom. The van der Waals surface area contributed by atoms with Gasteiger partial charge in [-0.15, -0.1) is 11.8 Å². The summed E-state index contributed by atoms with van der Waals surface area (Å²) >= 11 is 2.71. The molecule has 0 N–H and O–H groups in total. The van der Waals surface area contributed by atoms with Gasteiger partial charge in [0, 0.05) is 18.9 Å². The highest BCUT2D eigenvalue weighted by molar-refractivity contribution is 8.18. The molecule has 1 saturated heterocycles. The largest absolute Gasteiger partial charge is 0.294 e. The fourth-order valence-corrected chi connectivity index (χ4v) is 5.28. The lowest BCUT2D eigenvalue weighted by molar-refractivity contribution is -0.122. The fraction of sp³-hybridized carbons (Fsp3) is 0.261. The number of pyridine rings is 1. The Bertz CT molecular complexity index is 1130. The highest BCUT2D eigenvalue weighted by atomic mass is 32.2. The van der Waals surface area contributed by atoms with Gasteiger partial charge in [-0.3, -0.25) is 18.9 Å². The quantitative estimate of drug-likeness (QED) is 0.240. The van der Waals surface area contributed by atoms with E-state index in [1.54, 1.807) is 42.2 Å². The van der Waals surface area contributed by atoms with Gasteiger partial charge < -0.3 is 0 Å². The predicted octanol–water partition coefficient (Wildman–Crippen LogP) is 5.56. The van der Waals surface area contributed by atoms with Gasteiger partial charge in [-0.05, 0) is 67.0 Å². The number of imide groups is 1. The van der Waals surface area contributed by atoms with E-state index in [2.05, 4.69) is 11.1 Å². The van der Waals surface area contributed by atoms with Crippen molar-refractivity contribution >= 4 is 40.3 Å². The number of hydrogen-bond donors (Lipinski definition) is 0. The summed E-state index contributed by atoms with van der Waals surface area (Å²) in [5, 5.41) is 0.900. The molecule has 0 saturated carbocycles. The van der Waals surface area contributed by atoms with Crippen LogP contribution in [0.3, 0.4) is 0 Å². The molecule has 3 heterocycles. The van der Waals surface area contributed by atoms with E-state index in [1.165, 1.54) is 11.0 Å². The summed E-state index contributed by atoms with van der Waals surface area (Å²) in [6.07, 6.45) is 8.14. The molecule has 0 aliphatic carbocycles. The Kier molecular flexibility index (Phi) is 7.09. The molecule has 5 nitrogen and oxygen atoms in total. The van der Waals surface area contributed by atoms with Crippen molar-refractivity contribution in [1.29, 1.82) is 0 Å². The first-order chi connectivity index (χ1) is 15.1. The zero-order chi connectivity index (χ0) is 21.6. The Hall–Kier alpha value is -2.58. The normalized spacial score (nSPS) is 15.5. The lowest BCUT2D eigenvalue weighted by Crippen LogP contribution is -2.29.